The smallest absolute Gasteiger partial charge is 0.245 e. The summed E-state index contributed by atoms with van der Waals surface area (Å²) in [4.78, 5) is 36.9. The minimum Gasteiger partial charge on any atom is -0.346 e. The molecule has 0 aromatic rings. The van der Waals surface area contributed by atoms with Crippen LogP contribution in [0, 0.1) is 0 Å². The van der Waals surface area contributed by atoms with E-state index in [1.165, 1.54) is 193 Å². The normalized spacial score (nSPS) is 12.0. The summed E-state index contributed by atoms with van der Waals surface area (Å²) in [6, 6.07) is -0.418. The van der Waals surface area contributed by atoms with Crippen molar-refractivity contribution in [3.05, 3.63) is 0 Å². The zero-order valence-electron chi connectivity index (χ0n) is 34.7. The van der Waals surface area contributed by atoms with Gasteiger partial charge in [-0.05, 0) is 32.2 Å². The molecule has 0 aromatic carbocycles. The van der Waals surface area contributed by atoms with E-state index in [-0.39, 0.29) is 25.0 Å². The van der Waals surface area contributed by atoms with Gasteiger partial charge in [-0.25, -0.2) is 0 Å². The van der Waals surface area contributed by atoms with Gasteiger partial charge in [-0.1, -0.05) is 206 Å². The fraction of sp³-hybridized carbons (Fsp3) is 0.932. The summed E-state index contributed by atoms with van der Waals surface area (Å²) in [6.07, 6.45) is 43.9. The number of carbonyl (C=O) groups is 3. The summed E-state index contributed by atoms with van der Waals surface area (Å²) in [6.45, 7) is 4.87. The van der Waals surface area contributed by atoms with Crippen LogP contribution in [0.2, 0.25) is 0 Å². The van der Waals surface area contributed by atoms with Crippen molar-refractivity contribution in [2.75, 3.05) is 19.6 Å². The molecule has 3 amide bonds. The third kappa shape index (κ3) is 36.8. The van der Waals surface area contributed by atoms with Crippen LogP contribution < -0.4 is 27.4 Å². The van der Waals surface area contributed by atoms with Crippen LogP contribution in [0.1, 0.15) is 232 Å². The summed E-state index contributed by atoms with van der Waals surface area (Å²) < 4.78 is 0. The molecule has 0 aliphatic heterocycles. The predicted molar refractivity (Wildman–Crippen MR) is 223 cm³/mol. The van der Waals surface area contributed by atoms with Crippen LogP contribution in [0.3, 0.4) is 0 Å². The Bertz CT molecular complexity index is 762. The van der Waals surface area contributed by atoms with Crippen molar-refractivity contribution in [1.29, 1.82) is 0 Å². The first kappa shape index (κ1) is 50.5. The molecule has 0 aromatic heterocycles. The lowest BCUT2D eigenvalue weighted by Crippen LogP contribution is -2.48. The predicted octanol–water partition coefficient (Wildman–Crippen LogP) is 10.3. The Morgan fingerprint density at radius 2 is 0.769 bits per heavy atom. The number of amides is 3. The maximum absolute atomic E-state index is 12.6. The second-order valence-corrected chi connectivity index (χ2v) is 15.8. The average Bonchev–Trinajstić information content (AvgIpc) is 3.14. The molecule has 1 atom stereocenters. The molecule has 52 heavy (non-hydrogen) atoms. The van der Waals surface area contributed by atoms with E-state index in [1.807, 2.05) is 0 Å². The Kier molecular flexibility index (Phi) is 39.5. The van der Waals surface area contributed by atoms with Gasteiger partial charge in [-0.3, -0.25) is 19.7 Å². The molecule has 0 fully saturated rings. The van der Waals surface area contributed by atoms with Gasteiger partial charge in [0.15, 0.2) is 0 Å². The van der Waals surface area contributed by atoms with Gasteiger partial charge in [0.1, 0.15) is 0 Å². The highest BCUT2D eigenvalue weighted by Crippen LogP contribution is 2.17. The van der Waals surface area contributed by atoms with Crippen molar-refractivity contribution in [3.63, 3.8) is 0 Å². The van der Waals surface area contributed by atoms with E-state index in [2.05, 4.69) is 29.8 Å². The molecule has 0 rings (SSSR count). The summed E-state index contributed by atoms with van der Waals surface area (Å²) >= 11 is 0. The zero-order chi connectivity index (χ0) is 38.2. The van der Waals surface area contributed by atoms with E-state index < -0.39 is 17.9 Å². The van der Waals surface area contributed by atoms with Crippen molar-refractivity contribution in [3.8, 4) is 0 Å². The lowest BCUT2D eigenvalue weighted by molar-refractivity contribution is -0.131. The molecule has 308 valence electrons. The van der Waals surface area contributed by atoms with Crippen LogP contribution >= 0.6 is 0 Å². The first-order chi connectivity index (χ1) is 25.4. The Labute approximate surface area is 322 Å². The molecule has 0 heterocycles. The Hall–Kier alpha value is -1.51. The molecule has 0 aliphatic carbocycles. The molecule has 0 radical (unpaired) electrons. The number of imide groups is 1. The fourth-order valence-corrected chi connectivity index (χ4v) is 7.12. The monoisotopic (exact) mass is 736 g/mol. The number of hydrogen-bond acceptors (Lipinski definition) is 6. The summed E-state index contributed by atoms with van der Waals surface area (Å²) in [5, 5.41) is 8.36. The number of nitrogens with one attached hydrogen (secondary N) is 3. The van der Waals surface area contributed by atoms with Crippen LogP contribution in [-0.2, 0) is 14.4 Å². The lowest BCUT2D eigenvalue weighted by atomic mass is 9.99. The molecule has 0 spiro atoms. The largest absolute Gasteiger partial charge is 0.346 e. The molecule has 8 nitrogen and oxygen atoms in total. The third-order valence-electron chi connectivity index (χ3n) is 10.6. The van der Waals surface area contributed by atoms with Crippen LogP contribution in [0.4, 0.5) is 0 Å². The number of hydrogen-bond donors (Lipinski definition) is 5. The van der Waals surface area contributed by atoms with E-state index in [4.69, 9.17) is 11.5 Å². The third-order valence-corrected chi connectivity index (χ3v) is 10.6. The van der Waals surface area contributed by atoms with Crippen molar-refractivity contribution in [2.24, 2.45) is 11.5 Å². The standard InChI is InChI=1S/C44H89N5O3/c1-3-5-7-9-11-13-15-17-19-21-23-25-27-29-31-34-40(35-32-30-28-26-24-22-20-18-16-14-12-10-8-6-4-2)47-38-42(50)49-43(51)39-48-44(52)41(46)36-33-37-45/h40-41,47H,3-39,45-46H2,1-2H3,(H,48,52)(H,49,50,51)/t41-/m0/s1. The lowest BCUT2D eigenvalue weighted by Gasteiger charge is -2.19. The number of nitrogens with two attached hydrogens (primary N) is 2. The van der Waals surface area contributed by atoms with Gasteiger partial charge in [0.2, 0.25) is 17.7 Å². The van der Waals surface area contributed by atoms with E-state index in [1.54, 1.807) is 0 Å². The molecule has 0 aliphatic rings. The van der Waals surface area contributed by atoms with Gasteiger partial charge in [0.25, 0.3) is 0 Å². The number of carbonyl (C=O) groups excluding carboxylic acids is 3. The maximum Gasteiger partial charge on any atom is 0.245 e. The minimum absolute atomic E-state index is 0.109. The molecular weight excluding hydrogens is 647 g/mol. The molecule has 0 saturated heterocycles. The second kappa shape index (κ2) is 40.7. The molecule has 7 N–H and O–H groups in total. The second-order valence-electron chi connectivity index (χ2n) is 15.8. The highest BCUT2D eigenvalue weighted by atomic mass is 16.2. The van der Waals surface area contributed by atoms with Crippen molar-refractivity contribution in [1.82, 2.24) is 16.0 Å². The molecule has 8 heteroatoms. The fourth-order valence-electron chi connectivity index (χ4n) is 7.12. The van der Waals surface area contributed by atoms with Gasteiger partial charge in [0, 0.05) is 6.04 Å². The van der Waals surface area contributed by atoms with E-state index >= 15 is 0 Å². The summed E-state index contributed by atoms with van der Waals surface area (Å²) in [7, 11) is 0. The first-order valence-corrected chi connectivity index (χ1v) is 22.7. The average molecular weight is 736 g/mol. The van der Waals surface area contributed by atoms with Gasteiger partial charge in [0.05, 0.1) is 19.1 Å². The zero-order valence-corrected chi connectivity index (χ0v) is 34.7. The summed E-state index contributed by atoms with van der Waals surface area (Å²) in [5.74, 6) is -1.28. The Morgan fingerprint density at radius 3 is 1.12 bits per heavy atom. The number of rotatable bonds is 41. The molecule has 0 bridgehead atoms. The van der Waals surface area contributed by atoms with Crippen LogP contribution in [0.5, 0.6) is 0 Å². The molecule has 0 unspecified atom stereocenters. The van der Waals surface area contributed by atoms with E-state index in [0.29, 0.717) is 19.4 Å². The van der Waals surface area contributed by atoms with Crippen LogP contribution in [0.25, 0.3) is 0 Å². The highest BCUT2D eigenvalue weighted by Gasteiger charge is 2.16. The highest BCUT2D eigenvalue weighted by molar-refractivity contribution is 5.98. The first-order valence-electron chi connectivity index (χ1n) is 22.7. The van der Waals surface area contributed by atoms with E-state index in [0.717, 1.165) is 12.8 Å². The van der Waals surface area contributed by atoms with Crippen molar-refractivity contribution in [2.45, 2.75) is 244 Å². The van der Waals surface area contributed by atoms with Gasteiger partial charge >= 0.3 is 0 Å². The molecule has 0 saturated carbocycles. The van der Waals surface area contributed by atoms with E-state index in [9.17, 15) is 14.4 Å². The Balaban J connectivity index is 4.26. The Morgan fingerprint density at radius 1 is 0.442 bits per heavy atom. The topological polar surface area (TPSA) is 139 Å². The molecular formula is C44H89N5O3. The SMILES string of the molecule is CCCCCCCCCCCCCCCCCC(CCCCCCCCCCCCCCCCC)NCC(=O)NC(=O)CNC(=O)[C@@H](N)CCCN. The minimum atomic E-state index is -0.700. The van der Waals surface area contributed by atoms with Crippen LogP contribution in [0.15, 0.2) is 0 Å². The quantitative estimate of drug-likeness (QED) is 0.0396. The number of unbranched alkanes of at least 4 members (excludes halogenated alkanes) is 28. The summed E-state index contributed by atoms with van der Waals surface area (Å²) in [5.41, 5.74) is 11.3. The van der Waals surface area contributed by atoms with Crippen molar-refractivity contribution >= 4 is 17.7 Å². The van der Waals surface area contributed by atoms with Gasteiger partial charge < -0.3 is 22.1 Å². The van der Waals surface area contributed by atoms with Gasteiger partial charge in [-0.2, -0.15) is 0 Å². The van der Waals surface area contributed by atoms with Crippen LogP contribution in [-0.4, -0.2) is 49.4 Å². The van der Waals surface area contributed by atoms with Gasteiger partial charge in [-0.15, -0.1) is 0 Å². The van der Waals surface area contributed by atoms with Crippen molar-refractivity contribution < 1.29 is 14.4 Å². The maximum atomic E-state index is 12.6.